The monoisotopic (exact) mass is 431 g/mol. The molecule has 0 fully saturated rings. The summed E-state index contributed by atoms with van der Waals surface area (Å²) in [5, 5.41) is 12.1. The number of nitrogens with one attached hydrogen (secondary N) is 1. The molecule has 1 aromatic heterocycles. The Morgan fingerprint density at radius 1 is 0.862 bits per heavy atom. The van der Waals surface area contributed by atoms with Gasteiger partial charge in [0, 0.05) is 26.9 Å². The molecule has 0 radical (unpaired) electrons. The molecule has 0 spiro atoms. The van der Waals surface area contributed by atoms with Crippen molar-refractivity contribution in [1.82, 2.24) is 10.2 Å². The predicted octanol–water partition coefficient (Wildman–Crippen LogP) is 6.52. The van der Waals surface area contributed by atoms with Gasteiger partial charge < -0.3 is 9.73 Å². The molecular formula is C21H13Cl2F2N3O. The number of rotatable bonds is 5. The van der Waals surface area contributed by atoms with Crippen LogP contribution in [0.4, 0.5) is 14.5 Å². The van der Waals surface area contributed by atoms with E-state index < -0.39 is 17.7 Å². The summed E-state index contributed by atoms with van der Waals surface area (Å²) >= 11 is 12.2. The summed E-state index contributed by atoms with van der Waals surface area (Å²) < 4.78 is 32.9. The molecular weight excluding hydrogens is 419 g/mol. The van der Waals surface area contributed by atoms with Crippen molar-refractivity contribution in [2.75, 3.05) is 5.32 Å². The molecule has 8 heteroatoms. The Hall–Kier alpha value is -2.96. The van der Waals surface area contributed by atoms with Crippen LogP contribution in [0, 0.1) is 11.6 Å². The Labute approximate surface area is 175 Å². The highest BCUT2D eigenvalue weighted by Crippen LogP contribution is 2.33. The fourth-order valence-corrected chi connectivity index (χ4v) is 3.21. The van der Waals surface area contributed by atoms with Crippen molar-refractivity contribution in [3.8, 4) is 11.5 Å². The average Bonchev–Trinajstić information content (AvgIpc) is 3.18. The summed E-state index contributed by atoms with van der Waals surface area (Å²) in [6.45, 7) is 0. The largest absolute Gasteiger partial charge is 0.418 e. The van der Waals surface area contributed by atoms with Gasteiger partial charge in [-0.2, -0.15) is 0 Å². The molecule has 0 aliphatic rings. The van der Waals surface area contributed by atoms with E-state index in [1.807, 2.05) is 0 Å². The number of anilines is 1. The first-order valence-electron chi connectivity index (χ1n) is 8.56. The van der Waals surface area contributed by atoms with E-state index in [2.05, 4.69) is 15.5 Å². The summed E-state index contributed by atoms with van der Waals surface area (Å²) in [5.41, 5.74) is 1.70. The second kappa shape index (κ2) is 8.19. The van der Waals surface area contributed by atoms with Gasteiger partial charge in [-0.3, -0.25) is 0 Å². The molecule has 0 saturated carbocycles. The van der Waals surface area contributed by atoms with Gasteiger partial charge in [-0.1, -0.05) is 35.3 Å². The van der Waals surface area contributed by atoms with Crippen molar-refractivity contribution in [3.05, 3.63) is 99.9 Å². The number of hydrogen-bond acceptors (Lipinski definition) is 4. The van der Waals surface area contributed by atoms with Crippen molar-refractivity contribution in [1.29, 1.82) is 0 Å². The fraction of sp³-hybridized carbons (Fsp3) is 0.0476. The Kier molecular flexibility index (Phi) is 5.47. The summed E-state index contributed by atoms with van der Waals surface area (Å²) in [7, 11) is 0. The first-order valence-corrected chi connectivity index (χ1v) is 9.31. The van der Waals surface area contributed by atoms with Gasteiger partial charge in [0.05, 0.1) is 0 Å². The highest BCUT2D eigenvalue weighted by Gasteiger charge is 2.24. The van der Waals surface area contributed by atoms with Gasteiger partial charge in [0.15, 0.2) is 0 Å². The zero-order valence-electron chi connectivity index (χ0n) is 14.7. The number of nitrogens with zero attached hydrogens (tertiary/aromatic N) is 2. The number of hydrogen-bond donors (Lipinski definition) is 1. The Morgan fingerprint density at radius 2 is 1.62 bits per heavy atom. The number of aromatic nitrogens is 2. The van der Waals surface area contributed by atoms with Crippen LogP contribution in [-0.4, -0.2) is 10.2 Å². The molecule has 4 rings (SSSR count). The summed E-state index contributed by atoms with van der Waals surface area (Å²) in [6, 6.07) is 16.2. The SMILES string of the molecule is Fc1cccc(-c2nnc([C@H](Nc3ccc(Cl)cc3)c3ccc(F)cc3Cl)o2)c1. The van der Waals surface area contributed by atoms with E-state index in [0.717, 1.165) is 0 Å². The highest BCUT2D eigenvalue weighted by atomic mass is 35.5. The maximum absolute atomic E-state index is 13.5. The van der Waals surface area contributed by atoms with Crippen LogP contribution >= 0.6 is 23.2 Å². The zero-order valence-corrected chi connectivity index (χ0v) is 16.3. The van der Waals surface area contributed by atoms with Crippen molar-refractivity contribution in [2.24, 2.45) is 0 Å². The molecule has 4 aromatic rings. The van der Waals surface area contributed by atoms with Crippen LogP contribution in [0.3, 0.4) is 0 Å². The molecule has 1 heterocycles. The normalized spacial score (nSPS) is 12.0. The first-order chi connectivity index (χ1) is 14.0. The molecule has 0 bridgehead atoms. The lowest BCUT2D eigenvalue weighted by atomic mass is 10.1. The highest BCUT2D eigenvalue weighted by molar-refractivity contribution is 6.31. The Bertz CT molecular complexity index is 1150. The second-order valence-electron chi connectivity index (χ2n) is 6.21. The Balaban J connectivity index is 1.74. The third kappa shape index (κ3) is 4.39. The average molecular weight is 432 g/mol. The predicted molar refractivity (Wildman–Crippen MR) is 108 cm³/mol. The third-order valence-electron chi connectivity index (χ3n) is 4.19. The number of benzene rings is 3. The lowest BCUT2D eigenvalue weighted by Gasteiger charge is -2.18. The molecule has 146 valence electrons. The third-order valence-corrected chi connectivity index (χ3v) is 4.77. The van der Waals surface area contributed by atoms with Crippen molar-refractivity contribution in [2.45, 2.75) is 6.04 Å². The quantitative estimate of drug-likeness (QED) is 0.390. The topological polar surface area (TPSA) is 51.0 Å². The number of halogens is 4. The van der Waals surface area contributed by atoms with Crippen molar-refractivity contribution in [3.63, 3.8) is 0 Å². The fourth-order valence-electron chi connectivity index (χ4n) is 2.81. The van der Waals surface area contributed by atoms with Gasteiger partial charge in [-0.15, -0.1) is 10.2 Å². The Morgan fingerprint density at radius 3 is 2.34 bits per heavy atom. The van der Waals surface area contributed by atoms with Crippen molar-refractivity contribution < 1.29 is 13.2 Å². The molecule has 0 unspecified atom stereocenters. The lowest BCUT2D eigenvalue weighted by Crippen LogP contribution is -2.13. The van der Waals surface area contributed by atoms with Crippen LogP contribution in [0.1, 0.15) is 17.5 Å². The van der Waals surface area contributed by atoms with Gasteiger partial charge in [-0.05, 0) is 54.6 Å². The first kappa shape index (κ1) is 19.4. The minimum absolute atomic E-state index is 0.153. The van der Waals surface area contributed by atoms with E-state index in [0.29, 0.717) is 21.8 Å². The molecule has 29 heavy (non-hydrogen) atoms. The molecule has 0 aliphatic carbocycles. The second-order valence-corrected chi connectivity index (χ2v) is 7.05. The van der Waals surface area contributed by atoms with Gasteiger partial charge in [0.2, 0.25) is 11.8 Å². The summed E-state index contributed by atoms with van der Waals surface area (Å²) in [4.78, 5) is 0. The molecule has 1 N–H and O–H groups in total. The maximum atomic E-state index is 13.5. The minimum atomic E-state index is -0.668. The molecule has 0 amide bonds. The van der Waals surface area contributed by atoms with Crippen molar-refractivity contribution >= 4 is 28.9 Å². The van der Waals surface area contributed by atoms with Gasteiger partial charge in [0.25, 0.3) is 0 Å². The van der Waals surface area contributed by atoms with Crippen LogP contribution in [-0.2, 0) is 0 Å². The minimum Gasteiger partial charge on any atom is -0.418 e. The van der Waals surface area contributed by atoms with E-state index in [9.17, 15) is 8.78 Å². The molecule has 0 aliphatic heterocycles. The van der Waals surface area contributed by atoms with E-state index in [4.69, 9.17) is 27.6 Å². The summed E-state index contributed by atoms with van der Waals surface area (Å²) in [5.74, 6) is -0.539. The van der Waals surface area contributed by atoms with E-state index in [1.165, 1.54) is 30.3 Å². The van der Waals surface area contributed by atoms with Gasteiger partial charge in [-0.25, -0.2) is 8.78 Å². The van der Waals surface area contributed by atoms with Crippen LogP contribution < -0.4 is 5.32 Å². The van der Waals surface area contributed by atoms with E-state index in [-0.39, 0.29) is 16.8 Å². The molecule has 3 aromatic carbocycles. The smallest absolute Gasteiger partial charge is 0.247 e. The van der Waals surface area contributed by atoms with E-state index >= 15 is 0 Å². The molecule has 1 atom stereocenters. The van der Waals surface area contributed by atoms with Crippen LogP contribution in [0.2, 0.25) is 10.0 Å². The van der Waals surface area contributed by atoms with Crippen LogP contribution in [0.5, 0.6) is 0 Å². The van der Waals surface area contributed by atoms with Crippen LogP contribution in [0.15, 0.2) is 71.1 Å². The molecule has 4 nitrogen and oxygen atoms in total. The summed E-state index contributed by atoms with van der Waals surface area (Å²) in [6.07, 6.45) is 0. The van der Waals surface area contributed by atoms with Crippen LogP contribution in [0.25, 0.3) is 11.5 Å². The molecule has 0 saturated heterocycles. The van der Waals surface area contributed by atoms with E-state index in [1.54, 1.807) is 36.4 Å². The zero-order chi connectivity index (χ0) is 20.4. The standard InChI is InChI=1S/C21H13Cl2F2N3O/c22-13-4-7-16(8-5-13)26-19(17-9-6-15(25)11-18(17)23)21-28-27-20(29-21)12-2-1-3-14(24)10-12/h1-11,19,26H/t19-/m1/s1. The lowest BCUT2D eigenvalue weighted by molar-refractivity contribution is 0.493. The maximum Gasteiger partial charge on any atom is 0.247 e. The van der Waals surface area contributed by atoms with Gasteiger partial charge >= 0.3 is 0 Å². The van der Waals surface area contributed by atoms with Gasteiger partial charge in [0.1, 0.15) is 17.7 Å².